The van der Waals surface area contributed by atoms with Crippen molar-refractivity contribution in [3.05, 3.63) is 64.8 Å². The molecule has 10 N–H and O–H groups in total. The van der Waals surface area contributed by atoms with Gasteiger partial charge in [-0.25, -0.2) is 9.28 Å². The minimum absolute atomic E-state index is 0.0428. The van der Waals surface area contributed by atoms with Gasteiger partial charge >= 0.3 is 17.8 Å². The van der Waals surface area contributed by atoms with E-state index in [4.69, 9.17) is 35.6 Å². The number of aliphatic hydroxyl groups excluding tert-OH is 1. The Morgan fingerprint density at radius 2 is 1.59 bits per heavy atom. The number of nitrogens with zero attached hydrogens (tertiary/aromatic N) is 2. The van der Waals surface area contributed by atoms with Crippen molar-refractivity contribution in [3.63, 3.8) is 0 Å². The van der Waals surface area contributed by atoms with E-state index in [1.165, 1.54) is 6.07 Å². The molecule has 3 atom stereocenters. The Labute approximate surface area is 347 Å². The third-order valence-corrected chi connectivity index (χ3v) is 9.49. The number of carboxylic acid groups (broad SMARTS) is 2. The lowest BCUT2D eigenvalue weighted by atomic mass is 10.0. The Morgan fingerprint density at radius 1 is 0.885 bits per heavy atom. The monoisotopic (exact) mass is 852 g/mol. The Morgan fingerprint density at radius 3 is 2.25 bits per heavy atom. The van der Waals surface area contributed by atoms with Gasteiger partial charge in [-0.3, -0.25) is 33.8 Å². The highest BCUT2D eigenvalue weighted by molar-refractivity contribution is 5.95. The van der Waals surface area contributed by atoms with E-state index >= 15 is 0 Å². The topological polar surface area (TPSA) is 344 Å². The van der Waals surface area contributed by atoms with Gasteiger partial charge in [0, 0.05) is 30.9 Å². The van der Waals surface area contributed by atoms with Gasteiger partial charge in [-0.05, 0) is 24.5 Å². The van der Waals surface area contributed by atoms with Gasteiger partial charge in [0.15, 0.2) is 17.0 Å². The van der Waals surface area contributed by atoms with Gasteiger partial charge in [0.25, 0.3) is 0 Å². The van der Waals surface area contributed by atoms with E-state index in [1.54, 1.807) is 12.1 Å². The number of para-hydroxylation sites is 1. The molecule has 22 heteroatoms. The van der Waals surface area contributed by atoms with Crippen LogP contribution < -0.4 is 47.8 Å². The van der Waals surface area contributed by atoms with E-state index < -0.39 is 92.1 Å². The summed E-state index contributed by atoms with van der Waals surface area (Å²) in [6, 6.07) is 11.1. The largest absolute Gasteiger partial charge is 0.550 e. The van der Waals surface area contributed by atoms with Crippen molar-refractivity contribution in [1.82, 2.24) is 25.8 Å². The van der Waals surface area contributed by atoms with E-state index in [0.29, 0.717) is 29.6 Å². The smallest absolute Gasteiger partial charge is 0.328 e. The molecule has 0 radical (unpaired) electrons. The number of carbonyl (C=O) groups excluding carboxylic acids is 6. The van der Waals surface area contributed by atoms with Crippen molar-refractivity contribution in [2.75, 3.05) is 52.7 Å². The van der Waals surface area contributed by atoms with Gasteiger partial charge in [-0.1, -0.05) is 42.5 Å². The highest BCUT2D eigenvalue weighted by Crippen LogP contribution is 2.33. The molecule has 0 aliphatic carbocycles. The van der Waals surface area contributed by atoms with Crippen molar-refractivity contribution in [2.24, 2.45) is 16.5 Å². The number of nitrogens with one attached hydrogen (secondary N) is 4. The number of quaternary nitrogens is 1. The number of carbonyl (C=O) groups is 7. The van der Waals surface area contributed by atoms with E-state index in [0.717, 1.165) is 5.56 Å². The normalized spacial score (nSPS) is 14.6. The van der Waals surface area contributed by atoms with Crippen LogP contribution in [0.25, 0.3) is 22.1 Å². The minimum Gasteiger partial charge on any atom is -0.550 e. The van der Waals surface area contributed by atoms with Gasteiger partial charge in [0.1, 0.15) is 31.2 Å². The maximum absolute atomic E-state index is 13.4. The highest BCUT2D eigenvalue weighted by atomic mass is 16.6. The Bertz CT molecular complexity index is 2150. The first-order chi connectivity index (χ1) is 29.1. The lowest BCUT2D eigenvalue weighted by molar-refractivity contribution is -0.306. The molecule has 2 aromatic carbocycles. The molecule has 0 bridgehead atoms. The zero-order valence-corrected chi connectivity index (χ0v) is 33.0. The number of aliphatic hydroxyl groups is 1. The third kappa shape index (κ3) is 13.8. The summed E-state index contributed by atoms with van der Waals surface area (Å²) in [7, 11) is 0. The predicted octanol–water partition coefficient (Wildman–Crippen LogP) is -3.08. The number of morpholine rings is 1. The Kier molecular flexibility index (Phi) is 17.2. The number of esters is 1. The van der Waals surface area contributed by atoms with Crippen LogP contribution in [0.3, 0.4) is 0 Å². The standard InChI is InChI=1S/C39H48N8O14/c40-39(41)42-13-5-10-26(36(55)43-20-31(51)45-27(18-33(52)53)37(56)46-28(21-48)38(57)58)44-30(50)11-12-34(54)60-22-47(14-16-59-17-15-47)32-19-29(49)25-9-4-8-24(35(25)61-32)23-6-2-1-3-7-23/h1-4,6-9,19,26-28,48H,5,10-18,20-22H2,(H9-,40,41,42,43,44,45,46,50,51,52,53,55,56,57,58)/t26?,27-,28-/m0/s1. The fourth-order valence-corrected chi connectivity index (χ4v) is 6.24. The van der Waals surface area contributed by atoms with Crippen molar-refractivity contribution >= 4 is 64.3 Å². The van der Waals surface area contributed by atoms with Crippen LogP contribution in [0, 0.1) is 0 Å². The molecule has 1 aromatic heterocycles. The van der Waals surface area contributed by atoms with E-state index in [-0.39, 0.29) is 61.1 Å². The summed E-state index contributed by atoms with van der Waals surface area (Å²) in [6.07, 6.45) is -1.77. The molecule has 1 unspecified atom stereocenters. The highest BCUT2D eigenvalue weighted by Gasteiger charge is 2.38. The van der Waals surface area contributed by atoms with Crippen LogP contribution >= 0.6 is 0 Å². The zero-order valence-electron chi connectivity index (χ0n) is 33.0. The van der Waals surface area contributed by atoms with E-state index in [1.807, 2.05) is 47.0 Å². The summed E-state index contributed by atoms with van der Waals surface area (Å²) in [6.45, 7) is -0.839. The Hall–Kier alpha value is -6.91. The first-order valence-electron chi connectivity index (χ1n) is 19.1. The number of fused-ring (bicyclic) bond motifs is 1. The maximum Gasteiger partial charge on any atom is 0.328 e. The van der Waals surface area contributed by atoms with Crippen LogP contribution in [0.4, 0.5) is 5.88 Å². The molecule has 0 spiro atoms. The lowest BCUT2D eigenvalue weighted by Crippen LogP contribution is -2.58. The van der Waals surface area contributed by atoms with Gasteiger partial charge in [0.05, 0.1) is 44.2 Å². The van der Waals surface area contributed by atoms with E-state index in [9.17, 15) is 43.5 Å². The summed E-state index contributed by atoms with van der Waals surface area (Å²) in [5.41, 5.74) is 12.4. The summed E-state index contributed by atoms with van der Waals surface area (Å²) in [5, 5.41) is 38.5. The minimum atomic E-state index is -1.84. The van der Waals surface area contributed by atoms with E-state index in [2.05, 4.69) is 15.6 Å². The summed E-state index contributed by atoms with van der Waals surface area (Å²) >= 11 is 0. The molecular formula is C39H48N8O14. The number of amides is 4. The fourth-order valence-electron chi connectivity index (χ4n) is 6.24. The van der Waals surface area contributed by atoms with Crippen molar-refractivity contribution in [2.45, 2.75) is 50.2 Å². The number of nitrogens with two attached hydrogens (primary N) is 2. The molecule has 1 fully saturated rings. The predicted molar refractivity (Wildman–Crippen MR) is 214 cm³/mol. The summed E-state index contributed by atoms with van der Waals surface area (Å²) in [4.78, 5) is 104. The molecule has 3 aromatic rings. The second-order valence-electron chi connectivity index (χ2n) is 13.9. The number of ether oxygens (including phenoxy) is 2. The number of hydrogen-bond donors (Lipinski definition) is 8. The van der Waals surface area contributed by atoms with Crippen molar-refractivity contribution in [1.29, 1.82) is 0 Å². The molecule has 22 nitrogen and oxygen atoms in total. The molecule has 2 heterocycles. The first-order valence-corrected chi connectivity index (χ1v) is 19.1. The average molecular weight is 853 g/mol. The molecule has 4 rings (SSSR count). The second-order valence-corrected chi connectivity index (χ2v) is 13.9. The molecule has 1 aliphatic heterocycles. The van der Waals surface area contributed by atoms with Crippen LogP contribution in [0.1, 0.15) is 32.1 Å². The zero-order chi connectivity index (χ0) is 44.5. The molecule has 61 heavy (non-hydrogen) atoms. The van der Waals surface area contributed by atoms with Crippen LogP contribution in [0.15, 0.2) is 68.8 Å². The van der Waals surface area contributed by atoms with Gasteiger partial charge in [-0.15, -0.1) is 0 Å². The molecule has 328 valence electrons. The molecular weight excluding hydrogens is 804 g/mol. The number of aliphatic imine (C=N–C) groups is 1. The van der Waals surface area contributed by atoms with Gasteiger partial charge < -0.3 is 66.7 Å². The lowest BCUT2D eigenvalue weighted by Gasteiger charge is -2.37. The van der Waals surface area contributed by atoms with Crippen LogP contribution in [0.2, 0.25) is 0 Å². The summed E-state index contributed by atoms with van der Waals surface area (Å²) in [5.74, 6) is -8.06. The molecule has 0 saturated carbocycles. The Balaban J connectivity index is 1.38. The number of benzene rings is 2. The van der Waals surface area contributed by atoms with Crippen molar-refractivity contribution < 1.29 is 62.8 Å². The number of guanidine groups is 1. The quantitative estimate of drug-likeness (QED) is 0.0163. The first kappa shape index (κ1) is 46.8. The fraction of sp³-hybridized carbons (Fsp3) is 0.410. The van der Waals surface area contributed by atoms with Gasteiger partial charge in [-0.2, -0.15) is 0 Å². The number of carboxylic acids is 2. The van der Waals surface area contributed by atoms with Gasteiger partial charge in [0.2, 0.25) is 30.4 Å². The SMILES string of the molecule is NC(N)=NCCCC(NC(=O)CCC(=O)OC[N+]1(c2cc(=O)c3cccc(-c4ccccc4)c3o2)CCOCC1)C(=O)NCC(=O)N[C@@H](CC(=O)[O-])C(=O)N[C@@H](CO)C(=O)O. The third-order valence-electron chi connectivity index (χ3n) is 9.49. The number of aliphatic carboxylic acids is 2. The number of hydrogen-bond acceptors (Lipinski definition) is 14. The van der Waals surface area contributed by atoms with Crippen LogP contribution in [-0.4, -0.2) is 129 Å². The second kappa shape index (κ2) is 22.5. The van der Waals surface area contributed by atoms with Crippen molar-refractivity contribution in [3.8, 4) is 11.1 Å². The van der Waals surface area contributed by atoms with Crippen LogP contribution in [-0.2, 0) is 43.0 Å². The summed E-state index contributed by atoms with van der Waals surface area (Å²) < 4.78 is 17.6. The number of rotatable bonds is 22. The molecule has 4 amide bonds. The maximum atomic E-state index is 13.4. The average Bonchev–Trinajstić information content (AvgIpc) is 3.24. The van der Waals surface area contributed by atoms with Crippen LogP contribution in [0.5, 0.6) is 0 Å². The molecule has 1 aliphatic rings. The molecule has 1 saturated heterocycles.